The molecular weight excluding hydrogens is 314 g/mol. The van der Waals surface area contributed by atoms with E-state index in [0.29, 0.717) is 18.0 Å². The van der Waals surface area contributed by atoms with Crippen LogP contribution in [0.5, 0.6) is 0 Å². The lowest BCUT2D eigenvalue weighted by Gasteiger charge is -2.34. The second-order valence-electron chi connectivity index (χ2n) is 5.72. The molecule has 0 atom stereocenters. The lowest BCUT2D eigenvalue weighted by Crippen LogP contribution is -2.45. The Morgan fingerprint density at radius 2 is 2.00 bits per heavy atom. The summed E-state index contributed by atoms with van der Waals surface area (Å²) in [5.41, 5.74) is 0. The van der Waals surface area contributed by atoms with E-state index in [9.17, 15) is 8.42 Å². The zero-order valence-electron chi connectivity index (χ0n) is 13.3. The Balaban J connectivity index is 1.88. The van der Waals surface area contributed by atoms with Gasteiger partial charge in [-0.05, 0) is 25.0 Å². The van der Waals surface area contributed by atoms with Gasteiger partial charge in [0.15, 0.2) is 0 Å². The Bertz CT molecular complexity index is 781. The van der Waals surface area contributed by atoms with Crippen LogP contribution in [0.15, 0.2) is 41.6 Å². The quantitative estimate of drug-likeness (QED) is 0.799. The molecule has 1 fully saturated rings. The van der Waals surface area contributed by atoms with E-state index in [4.69, 9.17) is 4.84 Å². The van der Waals surface area contributed by atoms with Crippen LogP contribution in [0.1, 0.15) is 12.8 Å². The molecule has 1 aromatic carbocycles. The van der Waals surface area contributed by atoms with E-state index in [-0.39, 0.29) is 6.04 Å². The van der Waals surface area contributed by atoms with Gasteiger partial charge in [0, 0.05) is 49.3 Å². The summed E-state index contributed by atoms with van der Waals surface area (Å²) >= 11 is 0. The van der Waals surface area contributed by atoms with E-state index in [1.165, 1.54) is 0 Å². The number of fused-ring (bicyclic) bond motifs is 1. The fourth-order valence-corrected chi connectivity index (χ4v) is 4.74. The van der Waals surface area contributed by atoms with Gasteiger partial charge >= 0.3 is 0 Å². The molecule has 23 heavy (non-hydrogen) atoms. The Hall–Kier alpha value is -1.54. The molecule has 0 radical (unpaired) electrons. The Kier molecular flexibility index (Phi) is 4.63. The van der Waals surface area contributed by atoms with Crippen molar-refractivity contribution in [2.75, 3.05) is 27.2 Å². The van der Waals surface area contributed by atoms with Gasteiger partial charge < -0.3 is 4.84 Å². The molecular formula is C16H21N3O3S. The Labute approximate surface area is 136 Å². The zero-order chi connectivity index (χ0) is 16.4. The molecule has 1 saturated heterocycles. The van der Waals surface area contributed by atoms with Crippen molar-refractivity contribution >= 4 is 20.8 Å². The van der Waals surface area contributed by atoms with Gasteiger partial charge in [-0.2, -0.15) is 9.37 Å². The van der Waals surface area contributed by atoms with E-state index in [1.807, 2.05) is 13.1 Å². The monoisotopic (exact) mass is 335 g/mol. The number of hydrogen-bond acceptors (Lipinski definition) is 5. The van der Waals surface area contributed by atoms with E-state index in [2.05, 4.69) is 4.98 Å². The van der Waals surface area contributed by atoms with E-state index >= 15 is 0 Å². The molecule has 1 aromatic heterocycles. The summed E-state index contributed by atoms with van der Waals surface area (Å²) in [4.78, 5) is 9.63. The average molecular weight is 335 g/mol. The zero-order valence-corrected chi connectivity index (χ0v) is 14.2. The topological polar surface area (TPSA) is 62.7 Å². The summed E-state index contributed by atoms with van der Waals surface area (Å²) in [6.45, 7) is 1.00. The molecule has 1 aliphatic heterocycles. The molecule has 0 amide bonds. The third-order valence-electron chi connectivity index (χ3n) is 4.48. The minimum absolute atomic E-state index is 0.253. The van der Waals surface area contributed by atoms with Crippen LogP contribution in [0, 0.1) is 0 Å². The molecule has 6 nitrogen and oxygen atoms in total. The van der Waals surface area contributed by atoms with Crippen LogP contribution in [0.2, 0.25) is 0 Å². The van der Waals surface area contributed by atoms with Gasteiger partial charge in [-0.15, -0.1) is 0 Å². The summed E-state index contributed by atoms with van der Waals surface area (Å²) in [5, 5.41) is 3.36. The van der Waals surface area contributed by atoms with Crippen molar-refractivity contribution in [3.8, 4) is 0 Å². The van der Waals surface area contributed by atoms with Crippen molar-refractivity contribution in [2.24, 2.45) is 0 Å². The van der Waals surface area contributed by atoms with Crippen molar-refractivity contribution in [2.45, 2.75) is 23.8 Å². The molecule has 1 aliphatic rings. The number of aromatic nitrogens is 1. The fourth-order valence-electron chi connectivity index (χ4n) is 3.05. The van der Waals surface area contributed by atoms with Crippen LogP contribution in [-0.2, 0) is 14.9 Å². The van der Waals surface area contributed by atoms with Gasteiger partial charge in [0.1, 0.15) is 0 Å². The number of pyridine rings is 1. The van der Waals surface area contributed by atoms with Crippen LogP contribution in [-0.4, -0.2) is 56.1 Å². The van der Waals surface area contributed by atoms with Crippen molar-refractivity contribution in [3.63, 3.8) is 0 Å². The molecule has 0 N–H and O–H groups in total. The van der Waals surface area contributed by atoms with E-state index < -0.39 is 10.0 Å². The van der Waals surface area contributed by atoms with Crippen LogP contribution in [0.25, 0.3) is 10.8 Å². The number of piperidine rings is 1. The first-order valence-electron chi connectivity index (χ1n) is 7.64. The Morgan fingerprint density at radius 1 is 1.26 bits per heavy atom. The second-order valence-corrected chi connectivity index (χ2v) is 7.62. The highest BCUT2D eigenvalue weighted by atomic mass is 32.2. The summed E-state index contributed by atoms with van der Waals surface area (Å²) in [6, 6.07) is 7.32. The standard InChI is InChI=1S/C16H21N3O3S/c1-18(22-2)14-7-10-19(11-8-14)23(20,21)16-5-3-4-13-12-17-9-6-15(13)16/h3-6,9,12,14H,7-8,10-11H2,1-2H3. The predicted octanol–water partition coefficient (Wildman–Crippen LogP) is 1.88. The molecule has 0 saturated carbocycles. The molecule has 2 aromatic rings. The number of nitrogens with zero attached hydrogens (tertiary/aromatic N) is 3. The summed E-state index contributed by atoms with van der Waals surface area (Å²) in [6.07, 6.45) is 4.83. The second kappa shape index (κ2) is 6.52. The molecule has 0 aliphatic carbocycles. The average Bonchev–Trinajstić information content (AvgIpc) is 2.60. The molecule has 0 spiro atoms. The smallest absolute Gasteiger partial charge is 0.243 e. The summed E-state index contributed by atoms with van der Waals surface area (Å²) in [7, 11) is 0.0154. The van der Waals surface area contributed by atoms with Crippen LogP contribution in [0.3, 0.4) is 0 Å². The maximum absolute atomic E-state index is 13.0. The largest absolute Gasteiger partial charge is 0.302 e. The lowest BCUT2D eigenvalue weighted by molar-refractivity contribution is -0.148. The number of hydroxylamine groups is 2. The summed E-state index contributed by atoms with van der Waals surface area (Å²) < 4.78 is 27.6. The highest BCUT2D eigenvalue weighted by Gasteiger charge is 2.31. The molecule has 124 valence electrons. The van der Waals surface area contributed by atoms with E-state index in [1.54, 1.807) is 47.1 Å². The van der Waals surface area contributed by atoms with Crippen LogP contribution < -0.4 is 0 Å². The Morgan fingerprint density at radius 3 is 2.70 bits per heavy atom. The van der Waals surface area contributed by atoms with Crippen LogP contribution in [0.4, 0.5) is 0 Å². The predicted molar refractivity (Wildman–Crippen MR) is 88.3 cm³/mol. The molecule has 0 unspecified atom stereocenters. The van der Waals surface area contributed by atoms with Crippen LogP contribution >= 0.6 is 0 Å². The van der Waals surface area contributed by atoms with Crippen molar-refractivity contribution in [3.05, 3.63) is 36.7 Å². The van der Waals surface area contributed by atoms with Gasteiger partial charge in [-0.3, -0.25) is 4.98 Å². The highest BCUT2D eigenvalue weighted by Crippen LogP contribution is 2.27. The maximum atomic E-state index is 13.0. The van der Waals surface area contributed by atoms with Gasteiger partial charge in [0.05, 0.1) is 12.0 Å². The number of benzene rings is 1. The molecule has 2 heterocycles. The van der Waals surface area contributed by atoms with Crippen molar-refractivity contribution in [1.82, 2.24) is 14.4 Å². The minimum Gasteiger partial charge on any atom is -0.302 e. The summed E-state index contributed by atoms with van der Waals surface area (Å²) in [5.74, 6) is 0. The molecule has 7 heteroatoms. The fraction of sp³-hybridized carbons (Fsp3) is 0.438. The van der Waals surface area contributed by atoms with Crippen molar-refractivity contribution in [1.29, 1.82) is 0 Å². The third-order valence-corrected chi connectivity index (χ3v) is 6.44. The first-order chi connectivity index (χ1) is 11.0. The third kappa shape index (κ3) is 3.10. The molecule has 0 bridgehead atoms. The first kappa shape index (κ1) is 16.3. The number of rotatable bonds is 4. The normalized spacial score (nSPS) is 17.9. The minimum atomic E-state index is -3.50. The number of sulfonamides is 1. The lowest BCUT2D eigenvalue weighted by atomic mass is 10.1. The van der Waals surface area contributed by atoms with Crippen molar-refractivity contribution < 1.29 is 13.3 Å². The SMILES string of the molecule is CON(C)C1CCN(S(=O)(=O)c2cccc3cnccc23)CC1. The number of hydrogen-bond donors (Lipinski definition) is 0. The first-order valence-corrected chi connectivity index (χ1v) is 9.08. The van der Waals surface area contributed by atoms with E-state index in [0.717, 1.165) is 23.6 Å². The van der Waals surface area contributed by atoms with Gasteiger partial charge in [-0.1, -0.05) is 12.1 Å². The highest BCUT2D eigenvalue weighted by molar-refractivity contribution is 7.89. The van der Waals surface area contributed by atoms with Gasteiger partial charge in [0.2, 0.25) is 10.0 Å². The van der Waals surface area contributed by atoms with Gasteiger partial charge in [-0.25, -0.2) is 8.42 Å². The van der Waals surface area contributed by atoms with Gasteiger partial charge in [0.25, 0.3) is 0 Å². The molecule has 3 rings (SSSR count). The maximum Gasteiger partial charge on any atom is 0.243 e.